The molecule has 0 aromatic heterocycles. The molecule has 7 heteroatoms. The van der Waals surface area contributed by atoms with Crippen LogP contribution in [0.4, 0.5) is 4.79 Å². The Kier molecular flexibility index (Phi) is 8.09. The first kappa shape index (κ1) is 24.3. The van der Waals surface area contributed by atoms with E-state index in [1.807, 2.05) is 45.0 Å². The molecule has 0 aliphatic heterocycles. The molecule has 1 aliphatic rings. The molecule has 0 spiro atoms. The molecule has 1 aliphatic carbocycles. The van der Waals surface area contributed by atoms with Crippen LogP contribution < -0.4 is 10.6 Å². The summed E-state index contributed by atoms with van der Waals surface area (Å²) in [6.07, 6.45) is -0.102. The molecular formula is C26H32N2O5. The fourth-order valence-corrected chi connectivity index (χ4v) is 4.24. The second-order valence-electron chi connectivity index (χ2n) is 8.80. The van der Waals surface area contributed by atoms with Gasteiger partial charge in [-0.2, -0.15) is 0 Å². The van der Waals surface area contributed by atoms with E-state index in [0.29, 0.717) is 6.42 Å². The third-order valence-electron chi connectivity index (χ3n) is 6.14. The van der Waals surface area contributed by atoms with Crippen LogP contribution in [-0.2, 0) is 14.3 Å². The first-order valence-electron chi connectivity index (χ1n) is 11.4. The summed E-state index contributed by atoms with van der Waals surface area (Å²) < 4.78 is 5.57. The molecule has 33 heavy (non-hydrogen) atoms. The van der Waals surface area contributed by atoms with Gasteiger partial charge in [0, 0.05) is 24.4 Å². The third-order valence-corrected chi connectivity index (χ3v) is 6.14. The van der Waals surface area contributed by atoms with Gasteiger partial charge in [0.25, 0.3) is 0 Å². The van der Waals surface area contributed by atoms with Crippen molar-refractivity contribution in [2.45, 2.75) is 58.0 Å². The Morgan fingerprint density at radius 3 is 2.03 bits per heavy atom. The summed E-state index contributed by atoms with van der Waals surface area (Å²) in [6, 6.07) is 15.4. The smallest absolute Gasteiger partial charge is 0.407 e. The van der Waals surface area contributed by atoms with Crippen molar-refractivity contribution >= 4 is 18.0 Å². The van der Waals surface area contributed by atoms with Crippen molar-refractivity contribution in [3.63, 3.8) is 0 Å². The molecule has 2 atom stereocenters. The highest BCUT2D eigenvalue weighted by Crippen LogP contribution is 2.44. The lowest BCUT2D eigenvalue weighted by molar-refractivity contribution is -0.138. The molecule has 0 saturated carbocycles. The van der Waals surface area contributed by atoms with Gasteiger partial charge in [-0.1, -0.05) is 69.3 Å². The predicted octanol–water partition coefficient (Wildman–Crippen LogP) is 4.31. The topological polar surface area (TPSA) is 105 Å². The average Bonchev–Trinajstić information content (AvgIpc) is 3.10. The maximum Gasteiger partial charge on any atom is 0.407 e. The average molecular weight is 453 g/mol. The SMILES string of the molecule is CC[C@H](CC(=O)NC(CC(=O)O)C(C)C)NC(=O)OCC1c2ccccc2-c2ccccc21. The van der Waals surface area contributed by atoms with Crippen LogP contribution in [0.5, 0.6) is 0 Å². The Hall–Kier alpha value is -3.35. The van der Waals surface area contributed by atoms with Crippen molar-refractivity contribution in [1.29, 1.82) is 0 Å². The van der Waals surface area contributed by atoms with E-state index < -0.39 is 24.1 Å². The number of benzene rings is 2. The lowest BCUT2D eigenvalue weighted by Gasteiger charge is -2.23. The Morgan fingerprint density at radius 2 is 1.52 bits per heavy atom. The van der Waals surface area contributed by atoms with E-state index in [2.05, 4.69) is 34.9 Å². The number of fused-ring (bicyclic) bond motifs is 3. The van der Waals surface area contributed by atoms with Gasteiger partial charge < -0.3 is 20.5 Å². The molecule has 2 aromatic carbocycles. The zero-order valence-electron chi connectivity index (χ0n) is 19.3. The highest BCUT2D eigenvalue weighted by molar-refractivity contribution is 5.80. The summed E-state index contributed by atoms with van der Waals surface area (Å²) in [6.45, 7) is 5.80. The first-order chi connectivity index (χ1) is 15.8. The van der Waals surface area contributed by atoms with Crippen molar-refractivity contribution in [2.24, 2.45) is 5.92 Å². The van der Waals surface area contributed by atoms with Gasteiger partial charge >= 0.3 is 12.1 Å². The van der Waals surface area contributed by atoms with Crippen LogP contribution in [0.25, 0.3) is 11.1 Å². The molecule has 2 aromatic rings. The molecule has 0 heterocycles. The number of ether oxygens (including phenoxy) is 1. The first-order valence-corrected chi connectivity index (χ1v) is 11.4. The van der Waals surface area contributed by atoms with Crippen molar-refractivity contribution in [1.82, 2.24) is 10.6 Å². The number of carbonyl (C=O) groups excluding carboxylic acids is 2. The molecule has 1 unspecified atom stereocenters. The Bertz CT molecular complexity index is 958. The second kappa shape index (κ2) is 11.0. The summed E-state index contributed by atoms with van der Waals surface area (Å²) in [4.78, 5) is 36.0. The number of hydrogen-bond donors (Lipinski definition) is 3. The van der Waals surface area contributed by atoms with Gasteiger partial charge in [0.2, 0.25) is 5.91 Å². The van der Waals surface area contributed by atoms with Gasteiger partial charge in [0.15, 0.2) is 0 Å². The summed E-state index contributed by atoms with van der Waals surface area (Å²) in [7, 11) is 0. The lowest BCUT2D eigenvalue weighted by atomic mass is 9.98. The van der Waals surface area contributed by atoms with E-state index in [9.17, 15) is 14.4 Å². The van der Waals surface area contributed by atoms with Gasteiger partial charge in [0.05, 0.1) is 6.42 Å². The van der Waals surface area contributed by atoms with Gasteiger partial charge in [-0.3, -0.25) is 9.59 Å². The molecule has 7 nitrogen and oxygen atoms in total. The molecule has 3 rings (SSSR count). The van der Waals surface area contributed by atoms with Crippen LogP contribution in [0, 0.1) is 5.92 Å². The number of aliphatic carboxylic acids is 1. The van der Waals surface area contributed by atoms with Crippen molar-refractivity contribution in [2.75, 3.05) is 6.61 Å². The highest BCUT2D eigenvalue weighted by Gasteiger charge is 2.29. The zero-order valence-corrected chi connectivity index (χ0v) is 19.3. The van der Waals surface area contributed by atoms with Crippen LogP contribution in [0.2, 0.25) is 0 Å². The molecule has 0 radical (unpaired) electrons. The van der Waals surface area contributed by atoms with Crippen molar-refractivity contribution < 1.29 is 24.2 Å². The van der Waals surface area contributed by atoms with E-state index in [1.165, 1.54) is 0 Å². The minimum Gasteiger partial charge on any atom is -0.481 e. The van der Waals surface area contributed by atoms with E-state index >= 15 is 0 Å². The number of carboxylic acids is 1. The zero-order chi connectivity index (χ0) is 24.0. The van der Waals surface area contributed by atoms with Crippen molar-refractivity contribution in [3.8, 4) is 11.1 Å². The maximum atomic E-state index is 12.5. The summed E-state index contributed by atoms with van der Waals surface area (Å²) in [5, 5.41) is 14.6. The minimum atomic E-state index is -0.960. The second-order valence-corrected chi connectivity index (χ2v) is 8.80. The molecule has 3 N–H and O–H groups in total. The number of carboxylic acid groups (broad SMARTS) is 1. The van der Waals surface area contributed by atoms with E-state index in [0.717, 1.165) is 22.3 Å². The monoisotopic (exact) mass is 452 g/mol. The Morgan fingerprint density at radius 1 is 0.939 bits per heavy atom. The van der Waals surface area contributed by atoms with E-state index in [-0.39, 0.29) is 37.2 Å². The largest absolute Gasteiger partial charge is 0.481 e. The van der Waals surface area contributed by atoms with Gasteiger partial charge in [-0.25, -0.2) is 4.79 Å². The normalized spacial score (nSPS) is 14.2. The van der Waals surface area contributed by atoms with Gasteiger partial charge in [0.1, 0.15) is 6.61 Å². The quantitative estimate of drug-likeness (QED) is 0.498. The number of hydrogen-bond acceptors (Lipinski definition) is 4. The molecule has 0 saturated heterocycles. The van der Waals surface area contributed by atoms with Gasteiger partial charge in [-0.15, -0.1) is 0 Å². The van der Waals surface area contributed by atoms with Crippen LogP contribution in [-0.4, -0.2) is 41.8 Å². The number of nitrogens with one attached hydrogen (secondary N) is 2. The molecule has 2 amide bonds. The van der Waals surface area contributed by atoms with E-state index in [4.69, 9.17) is 9.84 Å². The summed E-state index contributed by atoms with van der Waals surface area (Å²) >= 11 is 0. The van der Waals surface area contributed by atoms with Crippen LogP contribution in [0.1, 0.15) is 57.1 Å². The van der Waals surface area contributed by atoms with Crippen LogP contribution in [0.15, 0.2) is 48.5 Å². The van der Waals surface area contributed by atoms with Gasteiger partial charge in [-0.05, 0) is 34.6 Å². The molecule has 0 bridgehead atoms. The Balaban J connectivity index is 1.55. The predicted molar refractivity (Wildman–Crippen MR) is 126 cm³/mol. The lowest BCUT2D eigenvalue weighted by Crippen LogP contribution is -2.44. The fraction of sp³-hybridized carbons (Fsp3) is 0.423. The number of amides is 2. The molecule has 0 fully saturated rings. The number of alkyl carbamates (subject to hydrolysis) is 1. The summed E-state index contributed by atoms with van der Waals surface area (Å²) in [5.74, 6) is -1.30. The summed E-state index contributed by atoms with van der Waals surface area (Å²) in [5.41, 5.74) is 4.59. The standard InChI is InChI=1S/C26H32N2O5/c1-4-17(13-24(29)28-23(16(2)3)14-25(30)31)27-26(32)33-15-22-20-11-7-5-9-18(20)19-10-6-8-12-21(19)22/h5-12,16-17,22-23H,4,13-15H2,1-3H3,(H,27,32)(H,28,29)(H,30,31)/t17-,23?/m1/s1. The number of carbonyl (C=O) groups is 3. The third kappa shape index (κ3) is 6.12. The highest BCUT2D eigenvalue weighted by atomic mass is 16.5. The molecular weight excluding hydrogens is 420 g/mol. The minimum absolute atomic E-state index is 0.0137. The molecule has 176 valence electrons. The van der Waals surface area contributed by atoms with Crippen molar-refractivity contribution in [3.05, 3.63) is 59.7 Å². The van der Waals surface area contributed by atoms with Crippen LogP contribution >= 0.6 is 0 Å². The fourth-order valence-electron chi connectivity index (χ4n) is 4.24. The number of rotatable bonds is 10. The maximum absolute atomic E-state index is 12.5. The van der Waals surface area contributed by atoms with Crippen LogP contribution in [0.3, 0.4) is 0 Å². The Labute approximate surface area is 194 Å². The van der Waals surface area contributed by atoms with E-state index in [1.54, 1.807) is 0 Å².